The lowest BCUT2D eigenvalue weighted by molar-refractivity contribution is 1.31. The van der Waals surface area contributed by atoms with Crippen LogP contribution in [0.2, 0.25) is 0 Å². The molecule has 0 aromatic carbocycles. The molecule has 0 aliphatic rings. The van der Waals surface area contributed by atoms with Gasteiger partial charge < -0.3 is 16.5 Å². The Morgan fingerprint density at radius 3 is 1.82 bits per heavy atom. The molecule has 0 radical (unpaired) electrons. The summed E-state index contributed by atoms with van der Waals surface area (Å²) in [5.74, 6) is 0. The van der Waals surface area contributed by atoms with Crippen LogP contribution in [-0.4, -0.2) is 9.97 Å². The highest BCUT2D eigenvalue weighted by Crippen LogP contribution is 1.62. The summed E-state index contributed by atoms with van der Waals surface area (Å²) in [7, 11) is 0. The zero-order valence-corrected chi connectivity index (χ0v) is 5.73. The maximum absolute atomic E-state index is 7.10. The van der Waals surface area contributed by atoms with Gasteiger partial charge in [-0.15, -0.1) is 0 Å². The lowest BCUT2D eigenvalue weighted by Gasteiger charge is -1.46. The van der Waals surface area contributed by atoms with Gasteiger partial charge in [0.25, 0.3) is 0 Å². The smallest absolute Gasteiger partial charge is 0.173 e. The van der Waals surface area contributed by atoms with Crippen LogP contribution < -0.4 is 11.5 Å². The Balaban J connectivity index is 0. The molecule has 1 rings (SSSR count). The quantitative estimate of drug-likeness (QED) is 0.333. The summed E-state index contributed by atoms with van der Waals surface area (Å²) in [4.78, 5) is 6.42. The van der Waals surface area contributed by atoms with Crippen molar-refractivity contribution in [1.82, 2.24) is 9.97 Å². The standard InChI is InChI=1S/C3H4N2.2CH2N2/c1-2-5-3-4-1;2*2-1-3/h1-3H,(H,4,5);2*2H2. The van der Waals surface area contributed by atoms with Gasteiger partial charge in [-0.2, -0.15) is 10.5 Å². The minimum atomic E-state index is 1.25. The highest BCUT2D eigenvalue weighted by Gasteiger charge is 1.56. The van der Waals surface area contributed by atoms with Crippen LogP contribution in [0.25, 0.3) is 0 Å². The topological polar surface area (TPSA) is 128 Å². The molecule has 0 unspecified atom stereocenters. The summed E-state index contributed by atoms with van der Waals surface area (Å²) >= 11 is 0. The first-order valence-electron chi connectivity index (χ1n) is 2.45. The van der Waals surface area contributed by atoms with E-state index in [0.29, 0.717) is 0 Å². The number of nitriles is 2. The van der Waals surface area contributed by atoms with Crippen molar-refractivity contribution in [2.45, 2.75) is 0 Å². The molecule has 11 heavy (non-hydrogen) atoms. The molecule has 0 atom stereocenters. The third-order valence-corrected chi connectivity index (χ3v) is 0.406. The fourth-order valence-corrected chi connectivity index (χ4v) is 0.215. The minimum absolute atomic E-state index is 1.25. The Kier molecular flexibility index (Phi) is 16.5. The van der Waals surface area contributed by atoms with E-state index >= 15 is 0 Å². The number of imidazole rings is 1. The van der Waals surface area contributed by atoms with E-state index in [0.717, 1.165) is 0 Å². The molecular weight excluding hydrogens is 144 g/mol. The van der Waals surface area contributed by atoms with Gasteiger partial charge in [-0.3, -0.25) is 0 Å². The summed E-state index contributed by atoms with van der Waals surface area (Å²) in [5.41, 5.74) is 8.31. The molecule has 0 saturated carbocycles. The number of hydrogen-bond acceptors (Lipinski definition) is 5. The van der Waals surface area contributed by atoms with Gasteiger partial charge in [-0.1, -0.05) is 0 Å². The molecule has 5 N–H and O–H groups in total. The van der Waals surface area contributed by atoms with Gasteiger partial charge in [0.2, 0.25) is 0 Å². The van der Waals surface area contributed by atoms with Crippen molar-refractivity contribution >= 4 is 0 Å². The Morgan fingerprint density at radius 2 is 1.73 bits per heavy atom. The summed E-state index contributed by atoms with van der Waals surface area (Å²) in [6.45, 7) is 0. The monoisotopic (exact) mass is 152 g/mol. The fourth-order valence-electron chi connectivity index (χ4n) is 0.215. The maximum atomic E-state index is 7.10. The second-order valence-electron chi connectivity index (χ2n) is 1.02. The van der Waals surface area contributed by atoms with Crippen LogP contribution in [0.3, 0.4) is 0 Å². The highest BCUT2D eigenvalue weighted by atomic mass is 14.8. The summed E-state index contributed by atoms with van der Waals surface area (Å²) in [6, 6.07) is 0. The fraction of sp³-hybridized carbons (Fsp3) is 0. The van der Waals surface area contributed by atoms with Gasteiger partial charge in [-0.05, 0) is 0 Å². The number of H-pyrrole nitrogens is 1. The number of aromatic nitrogens is 2. The molecule has 6 heteroatoms. The second kappa shape index (κ2) is 15.7. The number of nitrogens with one attached hydrogen (secondary N) is 1. The minimum Gasteiger partial charge on any atom is -0.351 e. The van der Waals surface area contributed by atoms with E-state index in [1.165, 1.54) is 12.4 Å². The predicted molar refractivity (Wildman–Crippen MR) is 38.2 cm³/mol. The Labute approximate surface area is 64.1 Å². The zero-order chi connectivity index (χ0) is 8.95. The Morgan fingerprint density at radius 1 is 1.27 bits per heavy atom. The maximum Gasteiger partial charge on any atom is 0.173 e. The van der Waals surface area contributed by atoms with Crippen molar-refractivity contribution < 1.29 is 0 Å². The van der Waals surface area contributed by atoms with Crippen LogP contribution >= 0.6 is 0 Å². The van der Waals surface area contributed by atoms with Crippen molar-refractivity contribution in [3.8, 4) is 12.4 Å². The number of nitrogens with two attached hydrogens (primary N) is 2. The number of nitrogens with zero attached hydrogens (tertiary/aromatic N) is 3. The largest absolute Gasteiger partial charge is 0.351 e. The van der Waals surface area contributed by atoms with Crippen LogP contribution in [-0.2, 0) is 0 Å². The Bertz CT molecular complexity index is 173. The molecule has 0 amide bonds. The molecule has 0 bridgehead atoms. The molecule has 0 fully saturated rings. The molecule has 1 aromatic rings. The SMILES string of the molecule is N#CN.N#CN.c1c[nH]cn1. The van der Waals surface area contributed by atoms with E-state index in [4.69, 9.17) is 10.5 Å². The molecule has 0 spiro atoms. The summed E-state index contributed by atoms with van der Waals surface area (Å²) in [5, 5.41) is 14.2. The van der Waals surface area contributed by atoms with Crippen LogP contribution in [0.1, 0.15) is 0 Å². The van der Waals surface area contributed by atoms with E-state index in [1.807, 2.05) is 0 Å². The van der Waals surface area contributed by atoms with Gasteiger partial charge in [0, 0.05) is 12.4 Å². The first kappa shape index (κ1) is 11.6. The molecule has 0 saturated heterocycles. The van der Waals surface area contributed by atoms with Crippen LogP contribution in [0.15, 0.2) is 18.7 Å². The summed E-state index contributed by atoms with van der Waals surface area (Å²) < 4.78 is 0. The summed E-state index contributed by atoms with van der Waals surface area (Å²) in [6.07, 6.45) is 7.58. The molecule has 0 aliphatic heterocycles. The first-order chi connectivity index (χ1) is 5.33. The van der Waals surface area contributed by atoms with Crippen molar-refractivity contribution in [2.75, 3.05) is 0 Å². The molecule has 1 aromatic heterocycles. The first-order valence-corrected chi connectivity index (χ1v) is 2.45. The normalized spacial score (nSPS) is 4.91. The lowest BCUT2D eigenvalue weighted by atomic mass is 11.0. The molecule has 58 valence electrons. The molecule has 1 heterocycles. The van der Waals surface area contributed by atoms with Crippen molar-refractivity contribution in [3.05, 3.63) is 18.7 Å². The lowest BCUT2D eigenvalue weighted by Crippen LogP contribution is -1.69. The van der Waals surface area contributed by atoms with E-state index in [1.54, 1.807) is 18.7 Å². The van der Waals surface area contributed by atoms with E-state index in [9.17, 15) is 0 Å². The average molecular weight is 152 g/mol. The van der Waals surface area contributed by atoms with Gasteiger partial charge >= 0.3 is 0 Å². The Hall–Kier alpha value is -2.21. The number of hydrogen-bond donors (Lipinski definition) is 3. The van der Waals surface area contributed by atoms with E-state index in [2.05, 4.69) is 21.4 Å². The average Bonchev–Trinajstić information content (AvgIpc) is 2.44. The van der Waals surface area contributed by atoms with Gasteiger partial charge in [-0.25, -0.2) is 4.98 Å². The van der Waals surface area contributed by atoms with Crippen molar-refractivity contribution in [3.63, 3.8) is 0 Å². The van der Waals surface area contributed by atoms with Gasteiger partial charge in [0.1, 0.15) is 0 Å². The van der Waals surface area contributed by atoms with Gasteiger partial charge in [0.05, 0.1) is 6.33 Å². The second-order valence-corrected chi connectivity index (χ2v) is 1.02. The van der Waals surface area contributed by atoms with E-state index in [-0.39, 0.29) is 0 Å². The molecule has 6 nitrogen and oxygen atoms in total. The third kappa shape index (κ3) is 33.5. The van der Waals surface area contributed by atoms with Crippen LogP contribution in [0, 0.1) is 22.9 Å². The molecule has 0 aliphatic carbocycles. The van der Waals surface area contributed by atoms with Crippen molar-refractivity contribution in [1.29, 1.82) is 10.5 Å². The van der Waals surface area contributed by atoms with Gasteiger partial charge in [0.15, 0.2) is 12.4 Å². The van der Waals surface area contributed by atoms with Crippen LogP contribution in [0.5, 0.6) is 0 Å². The zero-order valence-electron chi connectivity index (χ0n) is 5.73. The predicted octanol–water partition coefficient (Wildman–Crippen LogP) is -0.738. The molecular formula is C5H8N6. The van der Waals surface area contributed by atoms with Crippen molar-refractivity contribution in [2.24, 2.45) is 11.5 Å². The van der Waals surface area contributed by atoms with E-state index < -0.39 is 0 Å². The van der Waals surface area contributed by atoms with Crippen LogP contribution in [0.4, 0.5) is 0 Å². The highest BCUT2D eigenvalue weighted by molar-refractivity contribution is 4.64. The number of rotatable bonds is 0. The third-order valence-electron chi connectivity index (χ3n) is 0.406. The number of aromatic amines is 1.